The van der Waals surface area contributed by atoms with Crippen LogP contribution in [0.2, 0.25) is 0 Å². The van der Waals surface area contributed by atoms with Crippen molar-refractivity contribution in [2.45, 2.75) is 19.5 Å². The van der Waals surface area contributed by atoms with Gasteiger partial charge in [-0.2, -0.15) is 5.10 Å². The fourth-order valence-corrected chi connectivity index (χ4v) is 2.99. The molecule has 2 heterocycles. The van der Waals surface area contributed by atoms with Crippen LogP contribution in [0.3, 0.4) is 0 Å². The van der Waals surface area contributed by atoms with Gasteiger partial charge in [0.1, 0.15) is 0 Å². The number of benzene rings is 1. The highest BCUT2D eigenvalue weighted by atomic mass is 16.5. The first-order valence-corrected chi connectivity index (χ1v) is 7.83. The van der Waals surface area contributed by atoms with Crippen LogP contribution in [0.15, 0.2) is 42.7 Å². The number of anilines is 1. The lowest BCUT2D eigenvalue weighted by atomic mass is 9.85. The van der Waals surface area contributed by atoms with E-state index in [0.717, 1.165) is 6.54 Å². The molecule has 0 radical (unpaired) electrons. The molecule has 0 saturated carbocycles. The topological polar surface area (TPSA) is 59.4 Å². The van der Waals surface area contributed by atoms with Crippen LogP contribution in [0, 0.1) is 5.92 Å². The number of ether oxygens (including phenoxy) is 1. The lowest BCUT2D eigenvalue weighted by molar-refractivity contribution is 0.0671. The van der Waals surface area contributed by atoms with Crippen molar-refractivity contribution in [3.05, 3.63) is 48.3 Å². The fraction of sp³-hybridized carbons (Fsp3) is 0.412. The van der Waals surface area contributed by atoms with E-state index in [-0.39, 0.29) is 12.1 Å². The molecule has 122 valence electrons. The second-order valence-corrected chi connectivity index (χ2v) is 5.90. The third-order valence-corrected chi connectivity index (χ3v) is 4.17. The maximum atomic E-state index is 12.5. The first kappa shape index (κ1) is 15.6. The van der Waals surface area contributed by atoms with Gasteiger partial charge in [-0.05, 0) is 11.5 Å². The minimum Gasteiger partial charge on any atom is -0.383 e. The molecule has 1 saturated heterocycles. The van der Waals surface area contributed by atoms with Crippen LogP contribution in [0.5, 0.6) is 0 Å². The van der Waals surface area contributed by atoms with Crippen molar-refractivity contribution in [1.82, 2.24) is 14.7 Å². The van der Waals surface area contributed by atoms with Crippen LogP contribution >= 0.6 is 0 Å². The van der Waals surface area contributed by atoms with Gasteiger partial charge >= 0.3 is 6.03 Å². The number of nitrogens with one attached hydrogen (secondary N) is 1. The number of carbonyl (C=O) groups excluding carboxylic acids is 1. The summed E-state index contributed by atoms with van der Waals surface area (Å²) in [7, 11) is 1.65. The maximum absolute atomic E-state index is 12.5. The summed E-state index contributed by atoms with van der Waals surface area (Å²) < 4.78 is 6.78. The summed E-state index contributed by atoms with van der Waals surface area (Å²) in [5, 5.41) is 7.13. The van der Waals surface area contributed by atoms with Gasteiger partial charge in [-0.3, -0.25) is 4.68 Å². The predicted molar refractivity (Wildman–Crippen MR) is 88.2 cm³/mol. The molecule has 0 spiro atoms. The molecule has 1 aliphatic rings. The van der Waals surface area contributed by atoms with Gasteiger partial charge in [0.15, 0.2) is 0 Å². The van der Waals surface area contributed by atoms with Gasteiger partial charge in [-0.25, -0.2) is 4.79 Å². The fourth-order valence-electron chi connectivity index (χ4n) is 2.99. The normalized spacial score (nSPS) is 20.2. The van der Waals surface area contributed by atoms with Crippen LogP contribution in [0.1, 0.15) is 18.5 Å². The molecular formula is C17H22N4O2. The minimum atomic E-state index is -0.0803. The quantitative estimate of drug-likeness (QED) is 0.923. The van der Waals surface area contributed by atoms with Gasteiger partial charge in [-0.15, -0.1) is 0 Å². The summed E-state index contributed by atoms with van der Waals surface area (Å²) in [6.45, 7) is 4.20. The molecule has 0 unspecified atom stereocenters. The molecular weight excluding hydrogens is 292 g/mol. The molecule has 2 atom stereocenters. The van der Waals surface area contributed by atoms with Crippen molar-refractivity contribution in [1.29, 1.82) is 0 Å². The number of likely N-dealkylation sites (tertiary alicyclic amines) is 1. The number of carbonyl (C=O) groups is 1. The lowest BCUT2D eigenvalue weighted by Crippen LogP contribution is -2.53. The van der Waals surface area contributed by atoms with E-state index in [2.05, 4.69) is 29.5 Å². The zero-order valence-corrected chi connectivity index (χ0v) is 13.5. The summed E-state index contributed by atoms with van der Waals surface area (Å²) in [5.74, 6) is 0.465. The molecule has 2 amide bonds. The van der Waals surface area contributed by atoms with Gasteiger partial charge < -0.3 is 15.0 Å². The molecule has 6 heteroatoms. The largest absolute Gasteiger partial charge is 0.383 e. The molecule has 1 aromatic carbocycles. The zero-order chi connectivity index (χ0) is 16.2. The summed E-state index contributed by atoms with van der Waals surface area (Å²) in [4.78, 5) is 14.4. The van der Waals surface area contributed by atoms with Crippen LogP contribution in [-0.2, 0) is 11.3 Å². The van der Waals surface area contributed by atoms with Crippen molar-refractivity contribution >= 4 is 11.7 Å². The highest BCUT2D eigenvalue weighted by molar-refractivity contribution is 5.90. The maximum Gasteiger partial charge on any atom is 0.322 e. The highest BCUT2D eigenvalue weighted by Gasteiger charge is 2.39. The number of methoxy groups -OCH3 is 1. The van der Waals surface area contributed by atoms with Crippen molar-refractivity contribution < 1.29 is 9.53 Å². The van der Waals surface area contributed by atoms with E-state index < -0.39 is 0 Å². The van der Waals surface area contributed by atoms with E-state index in [1.807, 2.05) is 29.3 Å². The second-order valence-electron chi connectivity index (χ2n) is 5.90. The molecule has 0 bridgehead atoms. The van der Waals surface area contributed by atoms with Crippen LogP contribution < -0.4 is 5.32 Å². The average Bonchev–Trinajstić information content (AvgIpc) is 2.98. The Morgan fingerprint density at radius 2 is 2.17 bits per heavy atom. The summed E-state index contributed by atoms with van der Waals surface area (Å²) in [6.07, 6.45) is 3.48. The molecule has 1 fully saturated rings. The molecule has 3 rings (SSSR count). The number of hydrogen-bond acceptors (Lipinski definition) is 3. The average molecular weight is 314 g/mol. The number of amides is 2. The molecule has 2 aromatic rings. The Kier molecular flexibility index (Phi) is 4.62. The van der Waals surface area contributed by atoms with E-state index in [4.69, 9.17) is 4.74 Å². The van der Waals surface area contributed by atoms with Gasteiger partial charge in [0.2, 0.25) is 0 Å². The van der Waals surface area contributed by atoms with Crippen LogP contribution in [-0.4, -0.2) is 41.0 Å². The van der Waals surface area contributed by atoms with Crippen LogP contribution in [0.25, 0.3) is 0 Å². The monoisotopic (exact) mass is 314 g/mol. The Morgan fingerprint density at radius 1 is 1.39 bits per heavy atom. The van der Waals surface area contributed by atoms with Crippen molar-refractivity contribution in [3.8, 4) is 0 Å². The first-order valence-electron chi connectivity index (χ1n) is 7.83. The molecule has 23 heavy (non-hydrogen) atoms. The van der Waals surface area contributed by atoms with E-state index in [0.29, 0.717) is 24.8 Å². The smallest absolute Gasteiger partial charge is 0.322 e. The molecule has 1 N–H and O–H groups in total. The number of hydrogen-bond donors (Lipinski definition) is 1. The summed E-state index contributed by atoms with van der Waals surface area (Å²) in [5.41, 5.74) is 1.88. The Hall–Kier alpha value is -2.34. The Morgan fingerprint density at radius 3 is 2.87 bits per heavy atom. The summed E-state index contributed by atoms with van der Waals surface area (Å²) >= 11 is 0. The minimum absolute atomic E-state index is 0.0803. The van der Waals surface area contributed by atoms with Gasteiger partial charge in [0.05, 0.1) is 31.1 Å². The lowest BCUT2D eigenvalue weighted by Gasteiger charge is -2.46. The Bertz CT molecular complexity index is 656. The highest BCUT2D eigenvalue weighted by Crippen LogP contribution is 2.38. The molecule has 1 aliphatic heterocycles. The van der Waals surface area contributed by atoms with E-state index in [1.54, 1.807) is 18.0 Å². The van der Waals surface area contributed by atoms with E-state index in [9.17, 15) is 4.79 Å². The summed E-state index contributed by atoms with van der Waals surface area (Å²) in [6, 6.07) is 10.2. The van der Waals surface area contributed by atoms with Crippen molar-refractivity contribution in [2.75, 3.05) is 25.6 Å². The number of urea groups is 1. The van der Waals surface area contributed by atoms with Crippen molar-refractivity contribution in [2.24, 2.45) is 5.92 Å². The van der Waals surface area contributed by atoms with Gasteiger partial charge in [-0.1, -0.05) is 37.3 Å². The number of nitrogens with zero attached hydrogens (tertiary/aromatic N) is 3. The SMILES string of the molecule is COCCn1cc(NC(=O)N2C[C@@H](C)[C@@H]2c2ccccc2)cn1. The standard InChI is InChI=1S/C17H22N4O2/c1-13-11-21(16(13)14-6-4-3-5-7-14)17(22)19-15-10-18-20(12-15)8-9-23-2/h3-7,10,12-13,16H,8-9,11H2,1-2H3,(H,19,22)/t13-,16-/m1/s1. The predicted octanol–water partition coefficient (Wildman–Crippen LogP) is 2.75. The van der Waals surface area contributed by atoms with Gasteiger partial charge in [0, 0.05) is 19.9 Å². The molecule has 6 nitrogen and oxygen atoms in total. The molecule has 0 aliphatic carbocycles. The van der Waals surface area contributed by atoms with E-state index in [1.165, 1.54) is 5.56 Å². The van der Waals surface area contributed by atoms with Crippen molar-refractivity contribution in [3.63, 3.8) is 0 Å². The number of rotatable bonds is 5. The Balaban J connectivity index is 1.63. The van der Waals surface area contributed by atoms with E-state index >= 15 is 0 Å². The zero-order valence-electron chi connectivity index (χ0n) is 13.5. The number of aromatic nitrogens is 2. The Labute approximate surface area is 136 Å². The molecule has 1 aromatic heterocycles. The third-order valence-electron chi connectivity index (χ3n) is 4.17. The first-order chi connectivity index (χ1) is 11.2. The van der Waals surface area contributed by atoms with Crippen LogP contribution in [0.4, 0.5) is 10.5 Å². The third kappa shape index (κ3) is 3.37. The second kappa shape index (κ2) is 6.83. The van der Waals surface area contributed by atoms with Gasteiger partial charge in [0.25, 0.3) is 0 Å².